The zero-order valence-electron chi connectivity index (χ0n) is 22.1. The maximum absolute atomic E-state index is 13.2. The molecule has 0 heterocycles. The number of hydrogen-bond acceptors (Lipinski definition) is 3. The van der Waals surface area contributed by atoms with Crippen LogP contribution in [0.15, 0.2) is 11.1 Å². The molecule has 4 fully saturated rings. The standard InChI is InChI=1S/C30H46O3/c1-18(2)24-20(32)16-30(17-31)15-14-28(6)19(25(24)30)8-9-22-27(5)12-11-23(33)26(3,4)21(27)10-13-29(22,28)7/h17-19,21-23,33H,8-16H2,1-7H3/t19-,21+,22-,23+,27+,28-,29-,30?/m1/s1. The number of fused-ring (bicyclic) bond motifs is 7. The first kappa shape index (κ1) is 23.8. The lowest BCUT2D eigenvalue weighted by molar-refractivity contribution is -0.227. The summed E-state index contributed by atoms with van der Waals surface area (Å²) in [7, 11) is 0. The number of carbonyl (C=O) groups excluding carboxylic acids is 2. The van der Waals surface area contributed by atoms with Crippen molar-refractivity contribution in [1.82, 2.24) is 0 Å². The first-order valence-corrected chi connectivity index (χ1v) is 13.7. The van der Waals surface area contributed by atoms with Crippen LogP contribution >= 0.6 is 0 Å². The van der Waals surface area contributed by atoms with Crippen LogP contribution in [0.25, 0.3) is 0 Å². The van der Waals surface area contributed by atoms with Gasteiger partial charge in [-0.3, -0.25) is 4.79 Å². The number of rotatable bonds is 2. The highest BCUT2D eigenvalue weighted by atomic mass is 16.3. The van der Waals surface area contributed by atoms with Gasteiger partial charge in [0.1, 0.15) is 6.29 Å². The highest BCUT2D eigenvalue weighted by Crippen LogP contribution is 2.76. The Morgan fingerprint density at radius 1 is 0.879 bits per heavy atom. The molecule has 0 spiro atoms. The Bertz CT molecular complexity index is 914. The molecule has 5 aliphatic rings. The number of aliphatic hydroxyl groups excluding tert-OH is 1. The van der Waals surface area contributed by atoms with Crippen molar-refractivity contribution in [3.63, 3.8) is 0 Å². The lowest BCUT2D eigenvalue weighted by atomic mass is 9.33. The fraction of sp³-hybridized carbons (Fsp3) is 0.867. The Morgan fingerprint density at radius 3 is 2.21 bits per heavy atom. The van der Waals surface area contributed by atoms with E-state index in [1.807, 2.05) is 0 Å². The van der Waals surface area contributed by atoms with Gasteiger partial charge in [-0.1, -0.05) is 48.5 Å². The van der Waals surface area contributed by atoms with E-state index >= 15 is 0 Å². The first-order chi connectivity index (χ1) is 15.3. The molecule has 0 saturated heterocycles. The Kier molecular flexibility index (Phi) is 5.08. The largest absolute Gasteiger partial charge is 0.393 e. The molecule has 184 valence electrons. The van der Waals surface area contributed by atoms with E-state index in [0.29, 0.717) is 24.2 Å². The molecule has 1 unspecified atom stereocenters. The second kappa shape index (κ2) is 7.05. The molecule has 0 amide bonds. The van der Waals surface area contributed by atoms with Gasteiger partial charge in [0.25, 0.3) is 0 Å². The fourth-order valence-electron chi connectivity index (χ4n) is 10.8. The van der Waals surface area contributed by atoms with Gasteiger partial charge in [0, 0.05) is 6.42 Å². The third-order valence-electron chi connectivity index (χ3n) is 12.7. The average molecular weight is 455 g/mol. The van der Waals surface area contributed by atoms with Crippen molar-refractivity contribution in [3.8, 4) is 0 Å². The number of hydrogen-bond donors (Lipinski definition) is 1. The van der Waals surface area contributed by atoms with Crippen LogP contribution in [0.2, 0.25) is 0 Å². The number of Topliss-reactive ketones (excluding diaryl/α,β-unsaturated/α-hetero) is 1. The smallest absolute Gasteiger partial charge is 0.160 e. The Labute approximate surface area is 201 Å². The van der Waals surface area contributed by atoms with E-state index in [1.54, 1.807) is 0 Å². The van der Waals surface area contributed by atoms with Crippen LogP contribution in [0, 0.1) is 50.7 Å². The van der Waals surface area contributed by atoms with Crippen LogP contribution in [-0.2, 0) is 9.59 Å². The molecule has 3 heteroatoms. The summed E-state index contributed by atoms with van der Waals surface area (Å²) in [5.74, 6) is 1.98. The number of carbonyl (C=O) groups is 2. The van der Waals surface area contributed by atoms with E-state index < -0.39 is 5.41 Å². The quantitative estimate of drug-likeness (QED) is 0.483. The topological polar surface area (TPSA) is 54.4 Å². The SMILES string of the molecule is CC(C)C1=C2[C@H]3CC[C@@H]4[C@@]5(C)CC[C@H](O)C(C)(C)[C@@H]5CC[C@@]4(C)[C@]3(C)CCC2(C=O)CC1=O. The molecule has 33 heavy (non-hydrogen) atoms. The molecule has 5 aliphatic carbocycles. The number of allylic oxidation sites excluding steroid dienone is 2. The first-order valence-electron chi connectivity index (χ1n) is 13.7. The van der Waals surface area contributed by atoms with Gasteiger partial charge < -0.3 is 9.90 Å². The molecule has 0 bridgehead atoms. The third-order valence-corrected chi connectivity index (χ3v) is 12.7. The lowest BCUT2D eigenvalue weighted by Gasteiger charge is -2.72. The molecule has 5 rings (SSSR count). The van der Waals surface area contributed by atoms with Gasteiger partial charge in [0.05, 0.1) is 11.5 Å². The van der Waals surface area contributed by atoms with E-state index in [-0.39, 0.29) is 39.5 Å². The van der Waals surface area contributed by atoms with Crippen molar-refractivity contribution in [1.29, 1.82) is 0 Å². The summed E-state index contributed by atoms with van der Waals surface area (Å²) in [4.78, 5) is 25.7. The van der Waals surface area contributed by atoms with Crippen molar-refractivity contribution in [3.05, 3.63) is 11.1 Å². The van der Waals surface area contributed by atoms with Gasteiger partial charge in [-0.15, -0.1) is 0 Å². The average Bonchev–Trinajstić information content (AvgIpc) is 3.04. The van der Waals surface area contributed by atoms with Crippen LogP contribution in [-0.4, -0.2) is 23.3 Å². The Morgan fingerprint density at radius 2 is 1.58 bits per heavy atom. The number of aldehydes is 1. The van der Waals surface area contributed by atoms with Crippen molar-refractivity contribution in [2.45, 2.75) is 112 Å². The normalized spacial score (nSPS) is 51.0. The number of aliphatic hydroxyl groups is 1. The van der Waals surface area contributed by atoms with E-state index in [1.165, 1.54) is 24.8 Å². The van der Waals surface area contributed by atoms with Gasteiger partial charge in [-0.2, -0.15) is 0 Å². The summed E-state index contributed by atoms with van der Waals surface area (Å²) in [6.07, 6.45) is 9.99. The molecule has 0 aromatic carbocycles. The summed E-state index contributed by atoms with van der Waals surface area (Å²) in [5, 5.41) is 10.9. The summed E-state index contributed by atoms with van der Waals surface area (Å²) in [6, 6.07) is 0. The molecule has 0 radical (unpaired) electrons. The molecular weight excluding hydrogens is 408 g/mol. The van der Waals surface area contributed by atoms with E-state index in [4.69, 9.17) is 0 Å². The minimum Gasteiger partial charge on any atom is -0.393 e. The van der Waals surface area contributed by atoms with Crippen molar-refractivity contribution in [2.75, 3.05) is 0 Å². The molecule has 0 aromatic heterocycles. The van der Waals surface area contributed by atoms with E-state index in [0.717, 1.165) is 44.0 Å². The molecular formula is C30H46O3. The van der Waals surface area contributed by atoms with Gasteiger partial charge in [0.15, 0.2) is 5.78 Å². The van der Waals surface area contributed by atoms with Crippen molar-refractivity contribution in [2.24, 2.45) is 50.7 Å². The monoisotopic (exact) mass is 454 g/mol. The highest BCUT2D eigenvalue weighted by molar-refractivity contribution is 6.03. The van der Waals surface area contributed by atoms with E-state index in [9.17, 15) is 14.7 Å². The van der Waals surface area contributed by atoms with Crippen molar-refractivity contribution >= 4 is 12.1 Å². The Balaban J connectivity index is 1.61. The zero-order valence-corrected chi connectivity index (χ0v) is 22.1. The zero-order chi connectivity index (χ0) is 24.2. The molecule has 4 saturated carbocycles. The molecule has 8 atom stereocenters. The predicted molar refractivity (Wildman–Crippen MR) is 131 cm³/mol. The summed E-state index contributed by atoms with van der Waals surface area (Å²) in [5.41, 5.74) is 2.29. The number of ketones is 1. The Hall–Kier alpha value is -0.960. The lowest BCUT2D eigenvalue weighted by Crippen LogP contribution is -2.65. The van der Waals surface area contributed by atoms with Crippen LogP contribution in [0.3, 0.4) is 0 Å². The molecule has 0 aromatic rings. The predicted octanol–water partition coefficient (Wildman–Crippen LogP) is 6.53. The van der Waals surface area contributed by atoms with Gasteiger partial charge in [-0.05, 0) is 108 Å². The summed E-state index contributed by atoms with van der Waals surface area (Å²) < 4.78 is 0. The van der Waals surface area contributed by atoms with Crippen LogP contribution in [0.1, 0.15) is 106 Å². The minimum absolute atomic E-state index is 0.0312. The van der Waals surface area contributed by atoms with Crippen LogP contribution in [0.5, 0.6) is 0 Å². The molecule has 1 N–H and O–H groups in total. The third kappa shape index (κ3) is 2.72. The summed E-state index contributed by atoms with van der Waals surface area (Å²) >= 11 is 0. The molecule has 0 aliphatic heterocycles. The van der Waals surface area contributed by atoms with E-state index in [2.05, 4.69) is 48.5 Å². The maximum Gasteiger partial charge on any atom is 0.160 e. The minimum atomic E-state index is -0.526. The van der Waals surface area contributed by atoms with Gasteiger partial charge in [-0.25, -0.2) is 0 Å². The molecule has 3 nitrogen and oxygen atoms in total. The van der Waals surface area contributed by atoms with Crippen LogP contribution in [0.4, 0.5) is 0 Å². The second-order valence-electron chi connectivity index (χ2n) is 14.3. The highest BCUT2D eigenvalue weighted by Gasteiger charge is 2.69. The summed E-state index contributed by atoms with van der Waals surface area (Å²) in [6.45, 7) is 16.5. The van der Waals surface area contributed by atoms with Gasteiger partial charge in [0.2, 0.25) is 0 Å². The van der Waals surface area contributed by atoms with Crippen molar-refractivity contribution < 1.29 is 14.7 Å². The van der Waals surface area contributed by atoms with Gasteiger partial charge >= 0.3 is 0 Å². The van der Waals surface area contributed by atoms with Crippen LogP contribution < -0.4 is 0 Å². The maximum atomic E-state index is 13.2. The second-order valence-corrected chi connectivity index (χ2v) is 14.3. The fourth-order valence-corrected chi connectivity index (χ4v) is 10.8.